The number of carbonyl (C=O) groups is 1. The van der Waals surface area contributed by atoms with Crippen molar-refractivity contribution in [2.75, 3.05) is 6.79 Å². The Morgan fingerprint density at radius 2 is 1.79 bits per heavy atom. The molecular formula is C26H46FO8P3. The number of ether oxygens (including phenoxy) is 1. The number of fused-ring (bicyclic) bond motifs is 5. The number of phosphoric ester groups is 1. The van der Waals surface area contributed by atoms with Gasteiger partial charge in [0, 0.05) is 6.42 Å². The Kier molecular flexibility index (Phi) is 9.18. The Hall–Kier alpha value is 0.290. The first-order valence-corrected chi connectivity index (χ1v) is 16.9. The highest BCUT2D eigenvalue weighted by atomic mass is 31.2. The van der Waals surface area contributed by atoms with Gasteiger partial charge in [0.05, 0.1) is 5.34 Å². The summed E-state index contributed by atoms with van der Waals surface area (Å²) in [5.74, 6) is 1.49. The molecule has 0 aromatic rings. The van der Waals surface area contributed by atoms with Crippen molar-refractivity contribution in [3.05, 3.63) is 0 Å². The van der Waals surface area contributed by atoms with Gasteiger partial charge in [0.15, 0.2) is 9.03 Å². The van der Waals surface area contributed by atoms with E-state index in [1.54, 1.807) is 6.92 Å². The molecule has 12 unspecified atom stereocenters. The highest BCUT2D eigenvalue weighted by Crippen LogP contribution is 2.72. The molecule has 12 atom stereocenters. The van der Waals surface area contributed by atoms with Gasteiger partial charge in [-0.05, 0) is 111 Å². The molecule has 0 aliphatic heterocycles. The van der Waals surface area contributed by atoms with E-state index < -0.39 is 40.6 Å². The summed E-state index contributed by atoms with van der Waals surface area (Å²) < 4.78 is 41.2. The molecule has 0 aromatic carbocycles. The smallest absolute Gasteiger partial charge is 0.438 e. The molecule has 0 heterocycles. The van der Waals surface area contributed by atoms with Gasteiger partial charge in [0.25, 0.3) is 0 Å². The largest absolute Gasteiger partial charge is 0.472 e. The maximum Gasteiger partial charge on any atom is 0.472 e. The summed E-state index contributed by atoms with van der Waals surface area (Å²) in [5, 5.41) is -0.567. The van der Waals surface area contributed by atoms with Crippen molar-refractivity contribution in [2.45, 2.75) is 103 Å². The van der Waals surface area contributed by atoms with Gasteiger partial charge in [0.2, 0.25) is 6.79 Å². The van der Waals surface area contributed by atoms with E-state index in [2.05, 4.69) is 34.5 Å². The molecule has 0 amide bonds. The lowest BCUT2D eigenvalue weighted by Crippen LogP contribution is -2.62. The van der Waals surface area contributed by atoms with Crippen molar-refractivity contribution >= 4 is 32.1 Å². The Morgan fingerprint density at radius 1 is 1.11 bits per heavy atom. The molecule has 38 heavy (non-hydrogen) atoms. The van der Waals surface area contributed by atoms with Crippen LogP contribution in [0, 0.1) is 46.3 Å². The quantitative estimate of drug-likeness (QED) is 0.165. The van der Waals surface area contributed by atoms with Crippen LogP contribution in [-0.4, -0.2) is 38.5 Å². The lowest BCUT2D eigenvalue weighted by Gasteiger charge is -2.66. The van der Waals surface area contributed by atoms with E-state index in [9.17, 15) is 14.3 Å². The van der Waals surface area contributed by atoms with Crippen LogP contribution in [0.25, 0.3) is 0 Å². The molecule has 0 saturated heterocycles. The van der Waals surface area contributed by atoms with Crippen LogP contribution < -0.4 is 0 Å². The summed E-state index contributed by atoms with van der Waals surface area (Å²) in [6, 6.07) is 0. The molecule has 3 N–H and O–H groups in total. The second kappa shape index (κ2) is 11.2. The van der Waals surface area contributed by atoms with Gasteiger partial charge in [0.1, 0.15) is 5.67 Å². The maximum absolute atomic E-state index is 15.2. The molecule has 0 spiro atoms. The predicted molar refractivity (Wildman–Crippen MR) is 147 cm³/mol. The normalized spacial score (nSPS) is 45.9. The van der Waals surface area contributed by atoms with Gasteiger partial charge in [-0.25, -0.2) is 13.5 Å². The minimum absolute atomic E-state index is 0.0717. The number of rotatable bonds is 9. The molecule has 0 bridgehead atoms. The van der Waals surface area contributed by atoms with E-state index in [4.69, 9.17) is 19.0 Å². The average Bonchev–Trinajstić information content (AvgIpc) is 3.15. The minimum Gasteiger partial charge on any atom is -0.438 e. The van der Waals surface area contributed by atoms with Gasteiger partial charge in [-0.3, -0.25) is 4.79 Å². The fourth-order valence-corrected chi connectivity index (χ4v) is 10.9. The number of carbonyl (C=O) groups excluding carboxylic acids is 1. The van der Waals surface area contributed by atoms with Crippen LogP contribution in [0.2, 0.25) is 0 Å². The zero-order chi connectivity index (χ0) is 28.1. The zero-order valence-corrected chi connectivity index (χ0v) is 26.1. The molecule has 220 valence electrons. The highest BCUT2D eigenvalue weighted by Gasteiger charge is 2.67. The average molecular weight is 599 g/mol. The first kappa shape index (κ1) is 31.2. The van der Waals surface area contributed by atoms with Crippen molar-refractivity contribution in [3.8, 4) is 0 Å². The third kappa shape index (κ3) is 6.07. The SMILES string of the molecule is CC(CCC(=O)OCOP(=O)(O)O)C1CCC2C3C(CCC12C)C1(C)CCC(C)(F)CC1CC3(P)OPO. The first-order chi connectivity index (χ1) is 17.5. The summed E-state index contributed by atoms with van der Waals surface area (Å²) in [4.78, 5) is 39.6. The van der Waals surface area contributed by atoms with Crippen molar-refractivity contribution < 1.29 is 42.2 Å². The fraction of sp³-hybridized carbons (Fsp3) is 0.962. The molecule has 0 radical (unpaired) electrons. The molecule has 4 rings (SSSR count). The van der Waals surface area contributed by atoms with E-state index in [0.29, 0.717) is 37.0 Å². The topological polar surface area (TPSA) is 123 Å². The van der Waals surface area contributed by atoms with Gasteiger partial charge in [-0.15, -0.1) is 9.24 Å². The molecule has 4 aliphatic rings. The van der Waals surface area contributed by atoms with Crippen molar-refractivity contribution in [1.82, 2.24) is 0 Å². The number of alkyl halides is 1. The Balaban J connectivity index is 1.48. The van der Waals surface area contributed by atoms with E-state index in [0.717, 1.165) is 38.5 Å². The van der Waals surface area contributed by atoms with E-state index in [1.165, 1.54) is 0 Å². The molecule has 8 nitrogen and oxygen atoms in total. The molecule has 4 saturated carbocycles. The molecule has 4 fully saturated rings. The highest BCUT2D eigenvalue weighted by molar-refractivity contribution is 7.46. The third-order valence-corrected chi connectivity index (χ3v) is 13.2. The number of esters is 1. The standard InChI is InChI=1S/C26H46FO8P3/c1-16(5-8-21(28)33-15-34-38(30,31)32)18-6-7-19-22-20(9-10-25(18,19)4)24(3)12-11-23(2,27)13-17(24)14-26(22,36)35-37-29/h16-20,22,29,37H,5-15,36H2,1-4H3,(H2,30,31,32). The molecule has 0 aromatic heterocycles. The molecular weight excluding hydrogens is 552 g/mol. The number of hydrogen-bond acceptors (Lipinski definition) is 6. The van der Waals surface area contributed by atoms with Crippen LogP contribution in [0.1, 0.15) is 91.9 Å². The van der Waals surface area contributed by atoms with E-state index in [1.807, 2.05) is 0 Å². The second-order valence-corrected chi connectivity index (χ2v) is 16.0. The van der Waals surface area contributed by atoms with Crippen molar-refractivity contribution in [2.24, 2.45) is 46.3 Å². The molecule has 12 heteroatoms. The predicted octanol–water partition coefficient (Wildman–Crippen LogP) is 6.10. The third-order valence-electron chi connectivity index (χ3n) is 11.3. The van der Waals surface area contributed by atoms with Crippen LogP contribution in [-0.2, 0) is 23.1 Å². The van der Waals surface area contributed by atoms with Crippen LogP contribution in [0.3, 0.4) is 0 Å². The maximum atomic E-state index is 15.2. The lowest BCUT2D eigenvalue weighted by atomic mass is 9.43. The molecule has 4 aliphatic carbocycles. The summed E-state index contributed by atoms with van der Waals surface area (Å²) in [7, 11) is -2.30. The van der Waals surface area contributed by atoms with Gasteiger partial charge >= 0.3 is 13.8 Å². The summed E-state index contributed by atoms with van der Waals surface area (Å²) in [6.45, 7) is 7.95. The van der Waals surface area contributed by atoms with Gasteiger partial charge in [-0.2, -0.15) is 0 Å². The van der Waals surface area contributed by atoms with Gasteiger partial charge in [-0.1, -0.05) is 20.8 Å². The summed E-state index contributed by atoms with van der Waals surface area (Å²) in [5.41, 5.74) is -1.00. The van der Waals surface area contributed by atoms with Gasteiger partial charge < -0.3 is 23.9 Å². The number of hydrogen-bond donors (Lipinski definition) is 3. The summed E-state index contributed by atoms with van der Waals surface area (Å²) >= 11 is 0. The van der Waals surface area contributed by atoms with Crippen molar-refractivity contribution in [3.63, 3.8) is 0 Å². The van der Waals surface area contributed by atoms with Crippen LogP contribution >= 0.6 is 26.1 Å². The van der Waals surface area contributed by atoms with Crippen molar-refractivity contribution in [1.29, 1.82) is 0 Å². The number of phosphoric acid groups is 1. The Morgan fingerprint density at radius 3 is 2.45 bits per heavy atom. The monoisotopic (exact) mass is 598 g/mol. The minimum atomic E-state index is -4.67. The Labute approximate surface area is 230 Å². The number of halogens is 1. The van der Waals surface area contributed by atoms with Crippen LogP contribution in [0.4, 0.5) is 4.39 Å². The Bertz CT molecular complexity index is 932. The van der Waals surface area contributed by atoms with Crippen LogP contribution in [0.5, 0.6) is 0 Å². The first-order valence-electron chi connectivity index (χ1n) is 14.0. The zero-order valence-electron chi connectivity index (χ0n) is 23.0. The summed E-state index contributed by atoms with van der Waals surface area (Å²) in [6.07, 6.45) is 7.88. The lowest BCUT2D eigenvalue weighted by molar-refractivity contribution is -0.182. The van der Waals surface area contributed by atoms with E-state index in [-0.39, 0.29) is 35.0 Å². The van der Waals surface area contributed by atoms with E-state index >= 15 is 4.39 Å². The fourth-order valence-electron chi connectivity index (χ4n) is 9.41. The second-order valence-electron chi connectivity index (χ2n) is 13.4. The van der Waals surface area contributed by atoms with Crippen LogP contribution in [0.15, 0.2) is 0 Å².